The molecule has 31 heavy (non-hydrogen) atoms. The highest BCUT2D eigenvalue weighted by Gasteiger charge is 2.27. The molecule has 7 nitrogen and oxygen atoms in total. The highest BCUT2D eigenvalue weighted by molar-refractivity contribution is 5.88. The molecule has 1 saturated heterocycles. The Kier molecular flexibility index (Phi) is 8.29. The van der Waals surface area contributed by atoms with Crippen LogP contribution < -0.4 is 14.8 Å². The number of rotatable bonds is 10. The third-order valence-electron chi connectivity index (χ3n) is 5.31. The Morgan fingerprint density at radius 3 is 2.52 bits per heavy atom. The zero-order valence-electron chi connectivity index (χ0n) is 18.1. The van der Waals surface area contributed by atoms with Crippen molar-refractivity contribution >= 4 is 11.8 Å². The first-order chi connectivity index (χ1) is 15.1. The van der Waals surface area contributed by atoms with Crippen LogP contribution in [-0.2, 0) is 20.9 Å². The molecule has 0 spiro atoms. The summed E-state index contributed by atoms with van der Waals surface area (Å²) in [5.41, 5.74) is 0.896. The lowest BCUT2D eigenvalue weighted by Gasteiger charge is -2.29. The number of carbonyl (C=O) groups excluding carboxylic acids is 2. The van der Waals surface area contributed by atoms with Gasteiger partial charge in [0.15, 0.2) is 6.61 Å². The first kappa shape index (κ1) is 22.6. The Morgan fingerprint density at radius 2 is 1.87 bits per heavy atom. The molecule has 1 aliphatic heterocycles. The number of hydrogen-bond acceptors (Lipinski definition) is 5. The Morgan fingerprint density at radius 1 is 1.13 bits per heavy atom. The minimum atomic E-state index is -0.657. The molecule has 1 heterocycles. The zero-order chi connectivity index (χ0) is 22.1. The van der Waals surface area contributed by atoms with Crippen molar-refractivity contribution < 1.29 is 23.8 Å². The predicted octanol–water partition coefficient (Wildman–Crippen LogP) is 2.79. The topological polar surface area (TPSA) is 77.1 Å². The number of nitrogens with zero attached hydrogens (tertiary/aromatic N) is 1. The molecule has 0 bridgehead atoms. The van der Waals surface area contributed by atoms with Crippen molar-refractivity contribution in [3.8, 4) is 11.5 Å². The normalized spacial score (nSPS) is 16.4. The molecule has 1 fully saturated rings. The molecular weight excluding hydrogens is 396 g/mol. The lowest BCUT2D eigenvalue weighted by Crippen LogP contribution is -2.50. The van der Waals surface area contributed by atoms with Crippen LogP contribution in [0.15, 0.2) is 54.6 Å². The third kappa shape index (κ3) is 6.72. The summed E-state index contributed by atoms with van der Waals surface area (Å²) < 4.78 is 16.4. The highest BCUT2D eigenvalue weighted by Crippen LogP contribution is 2.16. The van der Waals surface area contributed by atoms with E-state index in [1.165, 1.54) is 4.90 Å². The van der Waals surface area contributed by atoms with E-state index in [9.17, 15) is 9.59 Å². The second kappa shape index (κ2) is 11.4. The number of amides is 2. The van der Waals surface area contributed by atoms with Gasteiger partial charge in [-0.25, -0.2) is 0 Å². The van der Waals surface area contributed by atoms with Gasteiger partial charge in [0, 0.05) is 19.7 Å². The van der Waals surface area contributed by atoms with E-state index in [0.29, 0.717) is 12.3 Å². The molecule has 2 atom stereocenters. The quantitative estimate of drug-likeness (QED) is 0.632. The van der Waals surface area contributed by atoms with Crippen molar-refractivity contribution in [2.45, 2.75) is 38.5 Å². The Bertz CT molecular complexity index is 835. The molecule has 166 valence electrons. The molecule has 0 radical (unpaired) electrons. The van der Waals surface area contributed by atoms with E-state index in [1.54, 1.807) is 26.2 Å². The standard InChI is InChI=1S/C24H30N2O5/c1-18(24(28)25-15-22-9-6-14-30-22)26(16-19-10-12-20(29-2)13-11-19)23(27)17-31-21-7-4-3-5-8-21/h3-5,7-8,10-13,18,22H,6,9,14-17H2,1-2H3,(H,25,28)/t18-,22-/m1/s1. The van der Waals surface area contributed by atoms with Gasteiger partial charge in [-0.05, 0) is 49.6 Å². The smallest absolute Gasteiger partial charge is 0.261 e. The monoisotopic (exact) mass is 426 g/mol. The third-order valence-corrected chi connectivity index (χ3v) is 5.31. The minimum Gasteiger partial charge on any atom is -0.497 e. The van der Waals surface area contributed by atoms with Gasteiger partial charge in [-0.2, -0.15) is 0 Å². The van der Waals surface area contributed by atoms with Gasteiger partial charge in [0.05, 0.1) is 13.2 Å². The van der Waals surface area contributed by atoms with Gasteiger partial charge < -0.3 is 24.4 Å². The van der Waals surface area contributed by atoms with Crippen molar-refractivity contribution in [3.05, 3.63) is 60.2 Å². The van der Waals surface area contributed by atoms with E-state index in [0.717, 1.165) is 30.8 Å². The van der Waals surface area contributed by atoms with Gasteiger partial charge in [0.1, 0.15) is 17.5 Å². The van der Waals surface area contributed by atoms with E-state index in [2.05, 4.69) is 5.32 Å². The molecule has 7 heteroatoms. The molecule has 0 aromatic heterocycles. The van der Waals surface area contributed by atoms with Crippen molar-refractivity contribution in [2.24, 2.45) is 0 Å². The first-order valence-electron chi connectivity index (χ1n) is 10.6. The van der Waals surface area contributed by atoms with Crippen molar-refractivity contribution in [3.63, 3.8) is 0 Å². The fraction of sp³-hybridized carbons (Fsp3) is 0.417. The lowest BCUT2D eigenvalue weighted by molar-refractivity contribution is -0.142. The number of ether oxygens (including phenoxy) is 3. The molecule has 1 N–H and O–H groups in total. The zero-order valence-corrected chi connectivity index (χ0v) is 18.1. The van der Waals surface area contributed by atoms with E-state index in [1.807, 2.05) is 42.5 Å². The van der Waals surface area contributed by atoms with Crippen LogP contribution in [0.25, 0.3) is 0 Å². The summed E-state index contributed by atoms with van der Waals surface area (Å²) >= 11 is 0. The molecule has 2 aromatic carbocycles. The van der Waals surface area contributed by atoms with Gasteiger partial charge in [-0.1, -0.05) is 30.3 Å². The molecule has 1 aliphatic rings. The number of carbonyl (C=O) groups is 2. The summed E-state index contributed by atoms with van der Waals surface area (Å²) in [7, 11) is 1.60. The maximum Gasteiger partial charge on any atom is 0.261 e. The van der Waals surface area contributed by atoms with Crippen molar-refractivity contribution in [1.29, 1.82) is 0 Å². The molecule has 2 aromatic rings. The number of methoxy groups -OCH3 is 1. The van der Waals surface area contributed by atoms with E-state index in [-0.39, 0.29) is 31.1 Å². The summed E-state index contributed by atoms with van der Waals surface area (Å²) in [6.45, 7) is 3.05. The van der Waals surface area contributed by atoms with Crippen LogP contribution in [0.3, 0.4) is 0 Å². The Hall–Kier alpha value is -3.06. The SMILES string of the molecule is COc1ccc(CN(C(=O)COc2ccccc2)[C@H](C)C(=O)NC[C@H]2CCCO2)cc1. The van der Waals surface area contributed by atoms with Crippen LogP contribution in [0.1, 0.15) is 25.3 Å². The molecule has 3 rings (SSSR count). The highest BCUT2D eigenvalue weighted by atomic mass is 16.5. The molecule has 2 amide bonds. The first-order valence-corrected chi connectivity index (χ1v) is 10.6. The molecular formula is C24H30N2O5. The van der Waals surface area contributed by atoms with Gasteiger partial charge in [-0.3, -0.25) is 9.59 Å². The number of para-hydroxylation sites is 1. The summed E-state index contributed by atoms with van der Waals surface area (Å²) in [5.74, 6) is 0.864. The van der Waals surface area contributed by atoms with Gasteiger partial charge in [-0.15, -0.1) is 0 Å². The fourth-order valence-electron chi connectivity index (χ4n) is 3.42. The number of hydrogen-bond donors (Lipinski definition) is 1. The van der Waals surface area contributed by atoms with E-state index >= 15 is 0 Å². The average molecular weight is 427 g/mol. The largest absolute Gasteiger partial charge is 0.497 e. The Labute approximate surface area is 183 Å². The molecule has 0 unspecified atom stereocenters. The summed E-state index contributed by atoms with van der Waals surface area (Å²) in [6, 6.07) is 15.9. The van der Waals surface area contributed by atoms with Gasteiger partial charge in [0.25, 0.3) is 5.91 Å². The second-order valence-electron chi connectivity index (χ2n) is 7.53. The van der Waals surface area contributed by atoms with E-state index < -0.39 is 6.04 Å². The summed E-state index contributed by atoms with van der Waals surface area (Å²) in [5, 5.41) is 2.92. The predicted molar refractivity (Wildman–Crippen MR) is 117 cm³/mol. The van der Waals surface area contributed by atoms with Crippen LogP contribution in [0.4, 0.5) is 0 Å². The number of benzene rings is 2. The average Bonchev–Trinajstić information content (AvgIpc) is 3.34. The van der Waals surface area contributed by atoms with Crippen LogP contribution in [0.5, 0.6) is 11.5 Å². The molecule has 0 saturated carbocycles. The van der Waals surface area contributed by atoms with Crippen LogP contribution in [0, 0.1) is 0 Å². The lowest BCUT2D eigenvalue weighted by atomic mass is 10.1. The molecule has 0 aliphatic carbocycles. The summed E-state index contributed by atoms with van der Waals surface area (Å²) in [4.78, 5) is 27.3. The van der Waals surface area contributed by atoms with Crippen LogP contribution in [0.2, 0.25) is 0 Å². The fourth-order valence-corrected chi connectivity index (χ4v) is 3.42. The maximum atomic E-state index is 13.0. The maximum absolute atomic E-state index is 13.0. The van der Waals surface area contributed by atoms with E-state index in [4.69, 9.17) is 14.2 Å². The van der Waals surface area contributed by atoms with Crippen molar-refractivity contribution in [2.75, 3.05) is 26.9 Å². The van der Waals surface area contributed by atoms with Gasteiger partial charge >= 0.3 is 0 Å². The van der Waals surface area contributed by atoms with Crippen molar-refractivity contribution in [1.82, 2.24) is 10.2 Å². The Balaban J connectivity index is 1.66. The summed E-state index contributed by atoms with van der Waals surface area (Å²) in [6.07, 6.45) is 1.99. The minimum absolute atomic E-state index is 0.0447. The van der Waals surface area contributed by atoms with Crippen LogP contribution in [-0.4, -0.2) is 55.7 Å². The number of nitrogens with one attached hydrogen (secondary N) is 1. The second-order valence-corrected chi connectivity index (χ2v) is 7.53. The van der Waals surface area contributed by atoms with Gasteiger partial charge in [0.2, 0.25) is 5.91 Å². The van der Waals surface area contributed by atoms with Crippen LogP contribution >= 0.6 is 0 Å².